The molecule has 0 spiro atoms. The Morgan fingerprint density at radius 3 is 2.53 bits per heavy atom. The van der Waals surface area contributed by atoms with Crippen molar-refractivity contribution < 1.29 is 14.3 Å². The highest BCUT2D eigenvalue weighted by atomic mass is 16.5. The first-order valence-corrected chi connectivity index (χ1v) is 5.35. The molecular weight excluding hydrogens is 196 g/mol. The molecule has 15 heavy (non-hydrogen) atoms. The van der Waals surface area contributed by atoms with Crippen LogP contribution in [0.4, 0.5) is 0 Å². The molecule has 0 radical (unpaired) electrons. The largest absolute Gasteiger partial charge is 0.381 e. The van der Waals surface area contributed by atoms with Gasteiger partial charge in [0.1, 0.15) is 0 Å². The van der Waals surface area contributed by atoms with Crippen molar-refractivity contribution in [2.75, 3.05) is 32.8 Å². The van der Waals surface area contributed by atoms with E-state index in [1.54, 1.807) is 0 Å². The smallest absolute Gasteiger partial charge is 0.240 e. The van der Waals surface area contributed by atoms with Crippen LogP contribution in [-0.2, 0) is 14.3 Å². The molecule has 0 aromatic rings. The van der Waals surface area contributed by atoms with Crippen LogP contribution in [0.3, 0.4) is 0 Å². The van der Waals surface area contributed by atoms with Gasteiger partial charge in [-0.25, -0.2) is 0 Å². The standard InChI is InChI=1S/C10H18N2O3/c1-2-5-15-6-3-4-12-7-9(13)11-10(14)8-12/h2-8H2,1H3,(H,11,13,14). The number of hydrogen-bond donors (Lipinski definition) is 1. The molecule has 1 rings (SSSR count). The first kappa shape index (κ1) is 12.1. The van der Waals surface area contributed by atoms with Gasteiger partial charge in [-0.15, -0.1) is 0 Å². The Hall–Kier alpha value is -0.940. The predicted molar refractivity (Wildman–Crippen MR) is 55.3 cm³/mol. The number of piperazine rings is 1. The van der Waals surface area contributed by atoms with Gasteiger partial charge in [-0.05, 0) is 12.8 Å². The van der Waals surface area contributed by atoms with Gasteiger partial charge in [0.2, 0.25) is 11.8 Å². The first-order valence-electron chi connectivity index (χ1n) is 5.35. The summed E-state index contributed by atoms with van der Waals surface area (Å²) in [6.45, 7) is 4.91. The fraction of sp³-hybridized carbons (Fsp3) is 0.800. The molecule has 0 unspecified atom stereocenters. The van der Waals surface area contributed by atoms with Gasteiger partial charge in [-0.3, -0.25) is 19.8 Å². The summed E-state index contributed by atoms with van der Waals surface area (Å²) in [5.41, 5.74) is 0. The monoisotopic (exact) mass is 214 g/mol. The molecule has 5 nitrogen and oxygen atoms in total. The number of carbonyl (C=O) groups is 2. The van der Waals surface area contributed by atoms with E-state index in [1.165, 1.54) is 0 Å². The Bertz CT molecular complexity index is 215. The van der Waals surface area contributed by atoms with E-state index in [-0.39, 0.29) is 11.8 Å². The number of carbonyl (C=O) groups excluding carboxylic acids is 2. The quantitative estimate of drug-likeness (QED) is 0.490. The lowest BCUT2D eigenvalue weighted by Crippen LogP contribution is -2.51. The summed E-state index contributed by atoms with van der Waals surface area (Å²) in [4.78, 5) is 23.9. The van der Waals surface area contributed by atoms with Crippen LogP contribution in [0.5, 0.6) is 0 Å². The summed E-state index contributed by atoms with van der Waals surface area (Å²) in [7, 11) is 0. The lowest BCUT2D eigenvalue weighted by atomic mass is 10.3. The van der Waals surface area contributed by atoms with E-state index < -0.39 is 0 Å². The van der Waals surface area contributed by atoms with Crippen LogP contribution in [-0.4, -0.2) is 49.6 Å². The van der Waals surface area contributed by atoms with Crippen molar-refractivity contribution in [3.05, 3.63) is 0 Å². The van der Waals surface area contributed by atoms with Crippen LogP contribution in [0.15, 0.2) is 0 Å². The van der Waals surface area contributed by atoms with Crippen molar-refractivity contribution >= 4 is 11.8 Å². The normalized spacial score (nSPS) is 17.9. The minimum Gasteiger partial charge on any atom is -0.381 e. The second kappa shape index (κ2) is 6.53. The zero-order chi connectivity index (χ0) is 11.1. The first-order chi connectivity index (χ1) is 7.22. The lowest BCUT2D eigenvalue weighted by molar-refractivity contribution is -0.136. The molecule has 0 bridgehead atoms. The lowest BCUT2D eigenvalue weighted by Gasteiger charge is -2.24. The van der Waals surface area contributed by atoms with Gasteiger partial charge in [0.25, 0.3) is 0 Å². The maximum atomic E-state index is 11.0. The van der Waals surface area contributed by atoms with Crippen molar-refractivity contribution in [3.8, 4) is 0 Å². The Morgan fingerprint density at radius 2 is 1.93 bits per heavy atom. The molecule has 1 aliphatic rings. The minimum absolute atomic E-state index is 0.208. The molecule has 0 aromatic heterocycles. The molecule has 1 fully saturated rings. The van der Waals surface area contributed by atoms with E-state index >= 15 is 0 Å². The zero-order valence-electron chi connectivity index (χ0n) is 9.12. The SMILES string of the molecule is CCCOCCCN1CC(=O)NC(=O)C1. The summed E-state index contributed by atoms with van der Waals surface area (Å²) in [5.74, 6) is -0.415. The fourth-order valence-corrected chi connectivity index (χ4v) is 1.49. The summed E-state index contributed by atoms with van der Waals surface area (Å²) < 4.78 is 5.32. The molecule has 0 saturated carbocycles. The maximum Gasteiger partial charge on any atom is 0.240 e. The molecule has 1 aliphatic heterocycles. The van der Waals surface area contributed by atoms with E-state index in [1.807, 2.05) is 4.90 Å². The van der Waals surface area contributed by atoms with Gasteiger partial charge in [-0.2, -0.15) is 0 Å². The Balaban J connectivity index is 2.10. The third-order valence-corrected chi connectivity index (χ3v) is 2.12. The molecule has 86 valence electrons. The predicted octanol–water partition coefficient (Wildman–Crippen LogP) is -0.238. The summed E-state index contributed by atoms with van der Waals surface area (Å²) >= 11 is 0. The number of nitrogens with one attached hydrogen (secondary N) is 1. The van der Waals surface area contributed by atoms with Crippen LogP contribution < -0.4 is 5.32 Å². The number of nitrogens with zero attached hydrogens (tertiary/aromatic N) is 1. The van der Waals surface area contributed by atoms with E-state index in [0.29, 0.717) is 19.7 Å². The number of ether oxygens (including phenoxy) is 1. The Labute approximate surface area is 89.8 Å². The number of hydrogen-bond acceptors (Lipinski definition) is 4. The van der Waals surface area contributed by atoms with E-state index in [2.05, 4.69) is 12.2 Å². The van der Waals surface area contributed by atoms with Crippen molar-refractivity contribution in [1.82, 2.24) is 10.2 Å². The van der Waals surface area contributed by atoms with Crippen molar-refractivity contribution in [2.45, 2.75) is 19.8 Å². The average Bonchev–Trinajstić information content (AvgIpc) is 2.16. The third-order valence-electron chi connectivity index (χ3n) is 2.12. The van der Waals surface area contributed by atoms with Gasteiger partial charge in [0.15, 0.2) is 0 Å². The second-order valence-electron chi connectivity index (χ2n) is 3.65. The highest BCUT2D eigenvalue weighted by Crippen LogP contribution is 1.97. The minimum atomic E-state index is -0.208. The average molecular weight is 214 g/mol. The summed E-state index contributed by atoms with van der Waals surface area (Å²) in [6.07, 6.45) is 1.88. The molecule has 5 heteroatoms. The van der Waals surface area contributed by atoms with E-state index in [4.69, 9.17) is 4.74 Å². The van der Waals surface area contributed by atoms with Crippen LogP contribution in [0.25, 0.3) is 0 Å². The zero-order valence-corrected chi connectivity index (χ0v) is 9.12. The summed E-state index contributed by atoms with van der Waals surface area (Å²) in [5, 5.41) is 2.27. The topological polar surface area (TPSA) is 58.6 Å². The van der Waals surface area contributed by atoms with Gasteiger partial charge in [0.05, 0.1) is 13.1 Å². The Morgan fingerprint density at radius 1 is 1.27 bits per heavy atom. The van der Waals surface area contributed by atoms with E-state index in [0.717, 1.165) is 26.0 Å². The molecule has 1 N–H and O–H groups in total. The Kier molecular flexibility index (Phi) is 5.28. The van der Waals surface area contributed by atoms with Crippen LogP contribution in [0, 0.1) is 0 Å². The molecule has 0 aliphatic carbocycles. The van der Waals surface area contributed by atoms with Crippen LogP contribution in [0.2, 0.25) is 0 Å². The van der Waals surface area contributed by atoms with Crippen molar-refractivity contribution in [1.29, 1.82) is 0 Å². The number of imide groups is 1. The molecule has 2 amide bonds. The number of amides is 2. The second-order valence-corrected chi connectivity index (χ2v) is 3.65. The fourth-order valence-electron chi connectivity index (χ4n) is 1.49. The highest BCUT2D eigenvalue weighted by molar-refractivity contribution is 5.99. The van der Waals surface area contributed by atoms with Crippen LogP contribution >= 0.6 is 0 Å². The summed E-state index contributed by atoms with van der Waals surface area (Å²) in [6, 6.07) is 0. The highest BCUT2D eigenvalue weighted by Gasteiger charge is 2.21. The molecule has 1 saturated heterocycles. The van der Waals surface area contributed by atoms with Crippen LogP contribution in [0.1, 0.15) is 19.8 Å². The van der Waals surface area contributed by atoms with E-state index in [9.17, 15) is 9.59 Å². The van der Waals surface area contributed by atoms with Crippen molar-refractivity contribution in [3.63, 3.8) is 0 Å². The van der Waals surface area contributed by atoms with Gasteiger partial charge >= 0.3 is 0 Å². The molecule has 0 aromatic carbocycles. The van der Waals surface area contributed by atoms with Gasteiger partial charge < -0.3 is 4.74 Å². The van der Waals surface area contributed by atoms with Gasteiger partial charge in [-0.1, -0.05) is 6.92 Å². The molecular formula is C10H18N2O3. The number of rotatable bonds is 6. The van der Waals surface area contributed by atoms with Crippen molar-refractivity contribution in [2.24, 2.45) is 0 Å². The molecule has 0 atom stereocenters. The molecule has 1 heterocycles. The van der Waals surface area contributed by atoms with Gasteiger partial charge in [0, 0.05) is 19.8 Å². The third kappa shape index (κ3) is 4.90. The maximum absolute atomic E-state index is 11.0.